The van der Waals surface area contributed by atoms with E-state index in [9.17, 15) is 22.8 Å². The normalized spacial score (nSPS) is 15.6. The van der Waals surface area contributed by atoms with Crippen LogP contribution in [0.5, 0.6) is 0 Å². The number of morpholine rings is 1. The van der Waals surface area contributed by atoms with Crippen molar-refractivity contribution in [3.8, 4) is 21.9 Å². The average molecular weight is 646 g/mol. The highest BCUT2D eigenvalue weighted by atomic mass is 32.1. The summed E-state index contributed by atoms with van der Waals surface area (Å²) in [5, 5.41) is 11.1. The molecule has 2 aromatic carbocycles. The molecule has 46 heavy (non-hydrogen) atoms. The fourth-order valence-corrected chi connectivity index (χ4v) is 6.79. The molecule has 13 heteroatoms. The molecule has 5 aromatic rings. The van der Waals surface area contributed by atoms with E-state index in [1.54, 1.807) is 36.1 Å². The second-order valence-corrected chi connectivity index (χ2v) is 12.1. The molecule has 2 aliphatic rings. The first kappa shape index (κ1) is 29.8. The third-order valence-corrected chi connectivity index (χ3v) is 9.14. The highest BCUT2D eigenvalue weighted by molar-refractivity contribution is 7.17. The Hall–Kier alpha value is -4.88. The predicted octanol–water partition coefficient (Wildman–Crippen LogP) is 5.83. The molecule has 0 spiro atoms. The van der Waals surface area contributed by atoms with Crippen molar-refractivity contribution in [1.82, 2.24) is 25.4 Å². The zero-order valence-electron chi connectivity index (χ0n) is 24.5. The smallest absolute Gasteiger partial charge is 0.261 e. The number of carbonyl (C=O) groups is 2. The Kier molecular flexibility index (Phi) is 7.87. The Bertz CT molecular complexity index is 1980. The fraction of sp³-hybridized carbons (Fsp3) is 0.242. The summed E-state index contributed by atoms with van der Waals surface area (Å²) >= 11 is 1.17. The molecule has 234 valence electrons. The number of rotatable bonds is 8. The molecule has 1 saturated heterocycles. The van der Waals surface area contributed by atoms with Crippen LogP contribution in [0.15, 0.2) is 59.0 Å². The molecule has 0 radical (unpaired) electrons. The number of pyridine rings is 1. The van der Waals surface area contributed by atoms with Crippen LogP contribution in [0, 0.1) is 24.4 Å². The van der Waals surface area contributed by atoms with Crippen molar-refractivity contribution in [2.75, 3.05) is 19.8 Å². The summed E-state index contributed by atoms with van der Waals surface area (Å²) in [6, 6.07) is 12.7. The molecule has 0 saturated carbocycles. The Morgan fingerprint density at radius 3 is 2.54 bits per heavy atom. The number of aryl methyl sites for hydroxylation is 3. The van der Waals surface area contributed by atoms with Gasteiger partial charge in [0.15, 0.2) is 11.6 Å². The summed E-state index contributed by atoms with van der Waals surface area (Å²) in [6.45, 7) is 2.76. The van der Waals surface area contributed by atoms with Crippen LogP contribution in [0.2, 0.25) is 0 Å². The first-order chi connectivity index (χ1) is 22.3. The third-order valence-electron chi connectivity index (χ3n) is 8.04. The van der Waals surface area contributed by atoms with E-state index in [0.717, 1.165) is 17.7 Å². The Labute approximate surface area is 265 Å². The molecule has 2 aliphatic heterocycles. The van der Waals surface area contributed by atoms with Crippen LogP contribution in [0.3, 0.4) is 0 Å². The van der Waals surface area contributed by atoms with Gasteiger partial charge in [0, 0.05) is 30.5 Å². The molecule has 1 N–H and O–H groups in total. The minimum Gasteiger partial charge on any atom is -0.421 e. The van der Waals surface area contributed by atoms with Gasteiger partial charge in [0.2, 0.25) is 11.8 Å². The maximum atomic E-state index is 14.0. The van der Waals surface area contributed by atoms with Gasteiger partial charge in [0.25, 0.3) is 11.8 Å². The summed E-state index contributed by atoms with van der Waals surface area (Å²) in [6.07, 6.45) is 0.934. The lowest BCUT2D eigenvalue weighted by atomic mass is 9.93. The second-order valence-electron chi connectivity index (χ2n) is 11.0. The van der Waals surface area contributed by atoms with Crippen LogP contribution in [0.1, 0.15) is 54.5 Å². The van der Waals surface area contributed by atoms with Gasteiger partial charge in [-0.2, -0.15) is 0 Å². The number of nitrogens with one attached hydrogen (secondary N) is 1. The molecule has 0 unspecified atom stereocenters. The van der Waals surface area contributed by atoms with Gasteiger partial charge in [-0.05, 0) is 60.4 Å². The fourth-order valence-electron chi connectivity index (χ4n) is 5.81. The van der Waals surface area contributed by atoms with Gasteiger partial charge in [0.1, 0.15) is 5.82 Å². The van der Waals surface area contributed by atoms with E-state index in [4.69, 9.17) is 14.1 Å². The lowest BCUT2D eigenvalue weighted by molar-refractivity contribution is 0.00352. The summed E-state index contributed by atoms with van der Waals surface area (Å²) in [5.74, 6) is -2.41. The standard InChI is InChI=1S/C33H26F3N5O4S/c1-17-39-40-32(45-17)27-23(9-5-18-2-6-20(34)7-3-18)38-30-24-16-44-13-12-41(24)33(43)29(30)28(27)25-10-11-26(46-25)31(42)37-15-19-4-8-21(35)22(36)14-19/h2-4,6-8,10-11,14,24H,5,9,12-13,15-16H2,1H3,(H,37,42)/t24-/m0/s1. The molecule has 7 rings (SSSR count). The minimum atomic E-state index is -0.998. The van der Waals surface area contributed by atoms with Crippen molar-refractivity contribution >= 4 is 23.2 Å². The van der Waals surface area contributed by atoms with E-state index in [-0.39, 0.29) is 30.2 Å². The second kappa shape index (κ2) is 12.1. The summed E-state index contributed by atoms with van der Waals surface area (Å²) < 4.78 is 52.3. The molecule has 9 nitrogen and oxygen atoms in total. The largest absolute Gasteiger partial charge is 0.421 e. The van der Waals surface area contributed by atoms with Gasteiger partial charge in [-0.25, -0.2) is 13.2 Å². The number of benzene rings is 2. The van der Waals surface area contributed by atoms with Gasteiger partial charge in [-0.1, -0.05) is 18.2 Å². The van der Waals surface area contributed by atoms with Crippen LogP contribution in [0.4, 0.5) is 13.2 Å². The van der Waals surface area contributed by atoms with Crippen LogP contribution < -0.4 is 5.32 Å². The number of hydrogen-bond donors (Lipinski definition) is 1. The van der Waals surface area contributed by atoms with Gasteiger partial charge < -0.3 is 19.4 Å². The number of halogens is 3. The van der Waals surface area contributed by atoms with Crippen molar-refractivity contribution in [2.45, 2.75) is 32.4 Å². The average Bonchev–Trinajstić information content (AvgIpc) is 3.79. The van der Waals surface area contributed by atoms with Crippen molar-refractivity contribution in [1.29, 1.82) is 0 Å². The number of amides is 2. The number of thiophene rings is 1. The molecule has 0 aliphatic carbocycles. The zero-order chi connectivity index (χ0) is 31.9. The van der Waals surface area contributed by atoms with Gasteiger partial charge >= 0.3 is 0 Å². The van der Waals surface area contributed by atoms with Gasteiger partial charge in [-0.3, -0.25) is 14.6 Å². The van der Waals surface area contributed by atoms with E-state index in [2.05, 4.69) is 15.5 Å². The molecule has 1 atom stereocenters. The SMILES string of the molecule is Cc1nnc(-c2c(CCc3ccc(F)cc3)nc3c(c2-c2ccc(C(=O)NCc4ccc(F)c(F)c4)s2)C(=O)N2CCOC[C@@H]32)o1. The Morgan fingerprint density at radius 2 is 1.78 bits per heavy atom. The third kappa shape index (κ3) is 5.56. The molecular weight excluding hydrogens is 619 g/mol. The summed E-state index contributed by atoms with van der Waals surface area (Å²) in [7, 11) is 0. The van der Waals surface area contributed by atoms with Gasteiger partial charge in [-0.15, -0.1) is 21.5 Å². The van der Waals surface area contributed by atoms with E-state index < -0.39 is 17.5 Å². The highest BCUT2D eigenvalue weighted by Gasteiger charge is 2.44. The quantitative estimate of drug-likeness (QED) is 0.226. The van der Waals surface area contributed by atoms with Crippen molar-refractivity contribution in [2.24, 2.45) is 0 Å². The minimum absolute atomic E-state index is 0.0108. The first-order valence-electron chi connectivity index (χ1n) is 14.6. The molecule has 0 bridgehead atoms. The number of hydrogen-bond acceptors (Lipinski definition) is 8. The molecular formula is C33H26F3N5O4S. The molecule has 2 amide bonds. The Balaban J connectivity index is 1.31. The van der Waals surface area contributed by atoms with Crippen LogP contribution in [-0.2, 0) is 24.1 Å². The summed E-state index contributed by atoms with van der Waals surface area (Å²) in [4.78, 5) is 34.9. The topological polar surface area (TPSA) is 110 Å². The van der Waals surface area contributed by atoms with Crippen molar-refractivity contribution in [3.63, 3.8) is 0 Å². The number of nitrogens with zero attached hydrogens (tertiary/aromatic N) is 4. The lowest BCUT2D eigenvalue weighted by Crippen LogP contribution is -2.38. The lowest BCUT2D eigenvalue weighted by Gasteiger charge is -2.29. The zero-order valence-corrected chi connectivity index (χ0v) is 25.3. The number of ether oxygens (including phenoxy) is 1. The number of fused-ring (bicyclic) bond motifs is 3. The van der Waals surface area contributed by atoms with Crippen LogP contribution in [0.25, 0.3) is 21.9 Å². The summed E-state index contributed by atoms with van der Waals surface area (Å²) in [5.41, 5.74) is 3.90. The van der Waals surface area contributed by atoms with E-state index in [1.165, 1.54) is 29.5 Å². The van der Waals surface area contributed by atoms with Crippen LogP contribution in [-0.4, -0.2) is 51.7 Å². The molecule has 1 fully saturated rings. The van der Waals surface area contributed by atoms with Crippen molar-refractivity contribution in [3.05, 3.63) is 111 Å². The predicted molar refractivity (Wildman–Crippen MR) is 162 cm³/mol. The van der Waals surface area contributed by atoms with E-state index in [0.29, 0.717) is 81.9 Å². The molecule has 5 heterocycles. The number of carbonyl (C=O) groups excluding carboxylic acids is 2. The van der Waals surface area contributed by atoms with E-state index in [1.807, 2.05) is 0 Å². The maximum absolute atomic E-state index is 14.0. The monoisotopic (exact) mass is 645 g/mol. The van der Waals surface area contributed by atoms with Crippen molar-refractivity contribution < 1.29 is 31.9 Å². The first-order valence-corrected chi connectivity index (χ1v) is 15.4. The maximum Gasteiger partial charge on any atom is 0.261 e. The van der Waals surface area contributed by atoms with Gasteiger partial charge in [0.05, 0.1) is 46.6 Å². The van der Waals surface area contributed by atoms with E-state index >= 15 is 0 Å². The Morgan fingerprint density at radius 1 is 0.978 bits per heavy atom. The molecule has 3 aromatic heterocycles. The van der Waals surface area contributed by atoms with Crippen LogP contribution >= 0.6 is 11.3 Å². The number of aromatic nitrogens is 3. The highest BCUT2D eigenvalue weighted by Crippen LogP contribution is 2.47.